The molecule has 0 saturated heterocycles. The monoisotopic (exact) mass is 526 g/mol. The van der Waals surface area contributed by atoms with Gasteiger partial charge in [0.1, 0.15) is 12.1 Å². The number of carbonyl (C=O) groups is 2. The lowest BCUT2D eigenvalue weighted by molar-refractivity contribution is 0.102. The van der Waals surface area contributed by atoms with Gasteiger partial charge in [0.2, 0.25) is 5.89 Å². The van der Waals surface area contributed by atoms with Crippen molar-refractivity contribution in [3.8, 4) is 17.1 Å². The SMILES string of the molecule is CCCCN(C(=O)O)c1cc(-c2nc(C(=O)Nc3cn(-c4ccc(CO)cc4)nc3C(F)F)co2)ccn1. The van der Waals surface area contributed by atoms with E-state index in [1.165, 1.54) is 29.2 Å². The molecule has 198 valence electrons. The molecular weight excluding hydrogens is 502 g/mol. The van der Waals surface area contributed by atoms with Crippen LogP contribution >= 0.6 is 0 Å². The molecule has 0 atom stereocenters. The lowest BCUT2D eigenvalue weighted by Gasteiger charge is -2.17. The summed E-state index contributed by atoms with van der Waals surface area (Å²) >= 11 is 0. The summed E-state index contributed by atoms with van der Waals surface area (Å²) in [7, 11) is 0. The van der Waals surface area contributed by atoms with E-state index in [0.29, 0.717) is 23.2 Å². The number of oxazole rings is 1. The van der Waals surface area contributed by atoms with Gasteiger partial charge in [-0.25, -0.2) is 28.2 Å². The summed E-state index contributed by atoms with van der Waals surface area (Å²) in [6.07, 6.45) is 1.03. The normalized spacial score (nSPS) is 11.1. The lowest BCUT2D eigenvalue weighted by Crippen LogP contribution is -2.30. The van der Waals surface area contributed by atoms with Gasteiger partial charge in [0.15, 0.2) is 11.4 Å². The van der Waals surface area contributed by atoms with Gasteiger partial charge in [-0.3, -0.25) is 9.69 Å². The number of benzene rings is 1. The number of aliphatic hydroxyl groups is 1. The van der Waals surface area contributed by atoms with Gasteiger partial charge in [0.25, 0.3) is 12.3 Å². The van der Waals surface area contributed by atoms with E-state index in [1.54, 1.807) is 24.3 Å². The molecule has 2 amide bonds. The number of nitrogens with one attached hydrogen (secondary N) is 1. The summed E-state index contributed by atoms with van der Waals surface area (Å²) in [6, 6.07) is 9.45. The minimum absolute atomic E-state index is 0.0216. The molecule has 3 heterocycles. The number of unbranched alkanes of at least 4 members (excludes halogenated alkanes) is 1. The van der Waals surface area contributed by atoms with Crippen LogP contribution in [0.1, 0.15) is 47.9 Å². The van der Waals surface area contributed by atoms with Crippen molar-refractivity contribution in [3.05, 3.63) is 72.0 Å². The van der Waals surface area contributed by atoms with Crippen molar-refractivity contribution in [3.63, 3.8) is 0 Å². The average Bonchev–Trinajstić information content (AvgIpc) is 3.57. The fourth-order valence-corrected chi connectivity index (χ4v) is 3.55. The molecule has 1 aromatic carbocycles. The van der Waals surface area contributed by atoms with Crippen LogP contribution in [0.3, 0.4) is 0 Å². The van der Waals surface area contributed by atoms with Crippen LogP contribution in [0.4, 0.5) is 25.1 Å². The molecule has 0 bridgehead atoms. The number of hydrogen-bond acceptors (Lipinski definition) is 7. The van der Waals surface area contributed by atoms with E-state index in [2.05, 4.69) is 20.4 Å². The number of carboxylic acid groups (broad SMARTS) is 1. The van der Waals surface area contributed by atoms with Crippen LogP contribution in [0.15, 0.2) is 59.5 Å². The Balaban J connectivity index is 1.55. The van der Waals surface area contributed by atoms with Crippen molar-refractivity contribution in [2.75, 3.05) is 16.8 Å². The molecule has 0 unspecified atom stereocenters. The van der Waals surface area contributed by atoms with Gasteiger partial charge >= 0.3 is 6.09 Å². The first-order valence-electron chi connectivity index (χ1n) is 11.6. The fraction of sp³-hybridized carbons (Fsp3) is 0.240. The number of pyridine rings is 1. The van der Waals surface area contributed by atoms with Gasteiger partial charge in [0, 0.05) is 18.3 Å². The maximum atomic E-state index is 13.6. The van der Waals surface area contributed by atoms with E-state index in [1.807, 2.05) is 6.92 Å². The number of amides is 2. The maximum absolute atomic E-state index is 13.6. The highest BCUT2D eigenvalue weighted by atomic mass is 19.3. The molecule has 0 saturated carbocycles. The van der Waals surface area contributed by atoms with Crippen molar-refractivity contribution in [1.82, 2.24) is 19.7 Å². The molecule has 3 N–H and O–H groups in total. The molecule has 0 spiro atoms. The molecule has 0 aliphatic heterocycles. The Bertz CT molecular complexity index is 1420. The van der Waals surface area contributed by atoms with Crippen LogP contribution < -0.4 is 10.2 Å². The lowest BCUT2D eigenvalue weighted by atomic mass is 10.2. The average molecular weight is 527 g/mol. The van der Waals surface area contributed by atoms with Crippen LogP contribution in [0.2, 0.25) is 0 Å². The molecule has 3 aromatic heterocycles. The van der Waals surface area contributed by atoms with Crippen molar-refractivity contribution in [2.45, 2.75) is 32.8 Å². The fourth-order valence-electron chi connectivity index (χ4n) is 3.55. The van der Waals surface area contributed by atoms with Gasteiger partial charge < -0.3 is 19.9 Å². The second kappa shape index (κ2) is 11.6. The van der Waals surface area contributed by atoms with E-state index >= 15 is 0 Å². The summed E-state index contributed by atoms with van der Waals surface area (Å²) in [5, 5.41) is 25.0. The number of halogens is 2. The minimum atomic E-state index is -2.96. The van der Waals surface area contributed by atoms with E-state index < -0.39 is 24.1 Å². The predicted octanol–water partition coefficient (Wildman–Crippen LogP) is 4.89. The second-order valence-corrected chi connectivity index (χ2v) is 8.18. The zero-order chi connectivity index (χ0) is 27.2. The van der Waals surface area contributed by atoms with Crippen LogP contribution in [-0.4, -0.2) is 48.5 Å². The molecule has 0 aliphatic carbocycles. The van der Waals surface area contributed by atoms with Crippen LogP contribution in [0, 0.1) is 0 Å². The van der Waals surface area contributed by atoms with E-state index in [9.17, 15) is 28.6 Å². The number of carbonyl (C=O) groups excluding carboxylic acids is 1. The highest BCUT2D eigenvalue weighted by Crippen LogP contribution is 2.28. The Morgan fingerprint density at radius 2 is 1.97 bits per heavy atom. The first kappa shape index (κ1) is 26.4. The van der Waals surface area contributed by atoms with E-state index in [0.717, 1.165) is 17.6 Å². The van der Waals surface area contributed by atoms with Crippen LogP contribution in [0.25, 0.3) is 17.1 Å². The number of anilines is 2. The summed E-state index contributed by atoms with van der Waals surface area (Å²) in [4.78, 5) is 33.8. The number of nitrogens with zero attached hydrogens (tertiary/aromatic N) is 5. The van der Waals surface area contributed by atoms with Gasteiger partial charge in [-0.2, -0.15) is 5.10 Å². The Hall–Kier alpha value is -4.65. The first-order chi connectivity index (χ1) is 18.3. The number of alkyl halides is 2. The summed E-state index contributed by atoms with van der Waals surface area (Å²) in [6.45, 7) is 2.03. The number of aromatic nitrogens is 4. The number of hydrogen-bond donors (Lipinski definition) is 3. The van der Waals surface area contributed by atoms with Crippen LogP contribution in [0.5, 0.6) is 0 Å². The Morgan fingerprint density at radius 1 is 1.21 bits per heavy atom. The molecule has 4 aromatic rings. The van der Waals surface area contributed by atoms with Crippen molar-refractivity contribution >= 4 is 23.5 Å². The zero-order valence-electron chi connectivity index (χ0n) is 20.2. The third-order valence-corrected chi connectivity index (χ3v) is 5.55. The molecule has 4 rings (SSSR count). The van der Waals surface area contributed by atoms with E-state index in [-0.39, 0.29) is 36.2 Å². The summed E-state index contributed by atoms with van der Waals surface area (Å²) in [5.74, 6) is -0.608. The molecule has 0 aliphatic rings. The smallest absolute Gasteiger partial charge is 0.413 e. The first-order valence-corrected chi connectivity index (χ1v) is 11.6. The van der Waals surface area contributed by atoms with Gasteiger partial charge in [0.05, 0.1) is 24.2 Å². The van der Waals surface area contributed by atoms with Crippen molar-refractivity contribution < 1.29 is 33.0 Å². The Labute approximate surface area is 215 Å². The maximum Gasteiger partial charge on any atom is 0.413 e. The quantitative estimate of drug-likeness (QED) is 0.265. The topological polar surface area (TPSA) is 147 Å². The highest BCUT2D eigenvalue weighted by molar-refractivity contribution is 6.03. The minimum Gasteiger partial charge on any atom is -0.465 e. The predicted molar refractivity (Wildman–Crippen MR) is 132 cm³/mol. The van der Waals surface area contributed by atoms with Gasteiger partial charge in [-0.05, 0) is 36.2 Å². The van der Waals surface area contributed by atoms with Crippen molar-refractivity contribution in [2.24, 2.45) is 0 Å². The number of rotatable bonds is 10. The molecule has 0 fully saturated rings. The summed E-state index contributed by atoms with van der Waals surface area (Å²) in [5.41, 5.74) is 0.455. The molecule has 0 radical (unpaired) electrons. The van der Waals surface area contributed by atoms with Gasteiger partial charge in [-0.1, -0.05) is 25.5 Å². The highest BCUT2D eigenvalue weighted by Gasteiger charge is 2.23. The largest absolute Gasteiger partial charge is 0.465 e. The van der Waals surface area contributed by atoms with Crippen LogP contribution in [-0.2, 0) is 6.61 Å². The molecule has 13 heteroatoms. The van der Waals surface area contributed by atoms with Gasteiger partial charge in [-0.15, -0.1) is 0 Å². The third kappa shape index (κ3) is 5.83. The molecule has 38 heavy (non-hydrogen) atoms. The Kier molecular flexibility index (Phi) is 8.06. The summed E-state index contributed by atoms with van der Waals surface area (Å²) < 4.78 is 33.9. The standard InChI is InChI=1S/C25H24F2N6O5/c1-2-3-10-32(25(36)37)20-11-16(8-9-28-20)24-30-19(14-38-24)23(35)29-18-12-33(31-21(18)22(26)27)17-6-4-15(13-34)5-7-17/h4-9,11-12,14,22,34H,2-3,10,13H2,1H3,(H,29,35)(H,36,37). The zero-order valence-corrected chi connectivity index (χ0v) is 20.2. The Morgan fingerprint density at radius 3 is 2.63 bits per heavy atom. The molecular formula is C25H24F2N6O5. The third-order valence-electron chi connectivity index (χ3n) is 5.55. The molecule has 11 nitrogen and oxygen atoms in total. The van der Waals surface area contributed by atoms with E-state index in [4.69, 9.17) is 4.42 Å². The second-order valence-electron chi connectivity index (χ2n) is 8.18. The van der Waals surface area contributed by atoms with Crippen molar-refractivity contribution in [1.29, 1.82) is 0 Å². The number of aliphatic hydroxyl groups excluding tert-OH is 1.